The number of carboxylic acid groups (broad SMARTS) is 2. The number of ether oxygens (including phenoxy) is 9. The van der Waals surface area contributed by atoms with Crippen molar-refractivity contribution in [3.8, 4) is 0 Å². The van der Waals surface area contributed by atoms with Gasteiger partial charge in [0.2, 0.25) is 5.78 Å². The van der Waals surface area contributed by atoms with E-state index in [1.807, 2.05) is 0 Å². The van der Waals surface area contributed by atoms with Crippen molar-refractivity contribution in [3.63, 3.8) is 0 Å². The molecule has 0 fully saturated rings. The van der Waals surface area contributed by atoms with E-state index in [2.05, 4.69) is 0 Å². The third kappa shape index (κ3) is 30.2. The van der Waals surface area contributed by atoms with Crippen molar-refractivity contribution >= 4 is 23.7 Å². The minimum atomic E-state index is -1.57. The van der Waals surface area contributed by atoms with Gasteiger partial charge in [-0.25, -0.2) is 4.79 Å². The van der Waals surface area contributed by atoms with Crippen LogP contribution in [-0.2, 0) is 61.8 Å². The smallest absolute Gasteiger partial charge is 0.372 e. The van der Waals surface area contributed by atoms with Crippen molar-refractivity contribution in [1.29, 1.82) is 0 Å². The van der Waals surface area contributed by atoms with Crippen molar-refractivity contribution in [1.82, 2.24) is 0 Å². The second-order valence-electron chi connectivity index (χ2n) is 7.49. The molecule has 0 bridgehead atoms. The molecule has 0 saturated heterocycles. The lowest BCUT2D eigenvalue weighted by Gasteiger charge is -2.09. The van der Waals surface area contributed by atoms with Crippen molar-refractivity contribution < 1.29 is 72.0 Å². The lowest BCUT2D eigenvalue weighted by Crippen LogP contribution is -2.17. The Hall–Kier alpha value is -2.24. The van der Waals surface area contributed by atoms with Crippen LogP contribution in [0.5, 0.6) is 0 Å². The zero-order chi connectivity index (χ0) is 28.8. The number of hydrogen-bond donors (Lipinski definition) is 2. The highest BCUT2D eigenvalue weighted by Crippen LogP contribution is 1.95. The summed E-state index contributed by atoms with van der Waals surface area (Å²) in [6.45, 7) is 6.04. The Balaban J connectivity index is 3.14. The van der Waals surface area contributed by atoms with E-state index in [9.17, 15) is 19.2 Å². The molecule has 0 unspecified atom stereocenters. The van der Waals surface area contributed by atoms with Gasteiger partial charge in [0.1, 0.15) is 6.61 Å². The van der Waals surface area contributed by atoms with Crippen LogP contribution in [0.25, 0.3) is 0 Å². The van der Waals surface area contributed by atoms with E-state index >= 15 is 0 Å². The molecule has 0 saturated carbocycles. The van der Waals surface area contributed by atoms with Crippen LogP contribution in [0.3, 0.4) is 0 Å². The highest BCUT2D eigenvalue weighted by Gasteiger charge is 2.14. The Morgan fingerprint density at radius 2 is 0.692 bits per heavy atom. The fourth-order valence-corrected chi connectivity index (χ4v) is 2.41. The molecule has 0 radical (unpaired) electrons. The standard InChI is InChI=1S/C24H42O15/c25-21(24(29)30)1-2-23(28)39-20-19-38-18-17-37-16-15-36-14-13-35-12-11-34-10-9-33-8-7-32-6-5-31-4-3-22(26)27/h1-20H2,(H,26,27)(H,29,30). The van der Waals surface area contributed by atoms with Gasteiger partial charge in [-0.3, -0.25) is 14.4 Å². The van der Waals surface area contributed by atoms with Crippen LogP contribution in [0.1, 0.15) is 19.3 Å². The van der Waals surface area contributed by atoms with Gasteiger partial charge in [-0.05, 0) is 0 Å². The van der Waals surface area contributed by atoms with Gasteiger partial charge in [0, 0.05) is 6.42 Å². The van der Waals surface area contributed by atoms with Crippen LogP contribution < -0.4 is 0 Å². The van der Waals surface area contributed by atoms with E-state index in [1.54, 1.807) is 0 Å². The maximum atomic E-state index is 11.3. The summed E-state index contributed by atoms with van der Waals surface area (Å²) in [7, 11) is 0. The number of hydrogen-bond acceptors (Lipinski definition) is 13. The molecule has 0 heterocycles. The van der Waals surface area contributed by atoms with Gasteiger partial charge in [-0.2, -0.15) is 0 Å². The highest BCUT2D eigenvalue weighted by atomic mass is 16.6. The molecule has 15 nitrogen and oxygen atoms in total. The Labute approximate surface area is 227 Å². The maximum absolute atomic E-state index is 11.3. The van der Waals surface area contributed by atoms with E-state index in [0.29, 0.717) is 92.5 Å². The first-order valence-electron chi connectivity index (χ1n) is 12.7. The largest absolute Gasteiger partial charge is 0.481 e. The number of carbonyl (C=O) groups is 4. The zero-order valence-electron chi connectivity index (χ0n) is 22.3. The monoisotopic (exact) mass is 570 g/mol. The van der Waals surface area contributed by atoms with Crippen LogP contribution >= 0.6 is 0 Å². The Kier molecular flexibility index (Phi) is 27.1. The van der Waals surface area contributed by atoms with Crippen LogP contribution in [0, 0.1) is 0 Å². The normalized spacial score (nSPS) is 11.0. The second-order valence-corrected chi connectivity index (χ2v) is 7.49. The summed E-state index contributed by atoms with van der Waals surface area (Å²) in [4.78, 5) is 42.8. The Morgan fingerprint density at radius 3 is 1.00 bits per heavy atom. The topological polar surface area (TPSA) is 192 Å². The molecule has 0 aliphatic carbocycles. The molecular weight excluding hydrogens is 528 g/mol. The number of Topliss-reactive ketones (excluding diaryl/α,β-unsaturated/α-hetero) is 1. The second kappa shape index (κ2) is 28.8. The molecule has 0 aromatic heterocycles. The van der Waals surface area contributed by atoms with Gasteiger partial charge in [-0.1, -0.05) is 0 Å². The molecule has 2 N–H and O–H groups in total. The molecule has 0 spiro atoms. The van der Waals surface area contributed by atoms with E-state index in [0.717, 1.165) is 0 Å². The lowest BCUT2D eigenvalue weighted by molar-refractivity contribution is -0.151. The Bertz CT molecular complexity index is 629. The van der Waals surface area contributed by atoms with E-state index in [4.69, 9.17) is 52.8 Å². The number of carbonyl (C=O) groups excluding carboxylic acids is 2. The van der Waals surface area contributed by atoms with Gasteiger partial charge >= 0.3 is 17.9 Å². The van der Waals surface area contributed by atoms with E-state index in [-0.39, 0.29) is 39.1 Å². The van der Waals surface area contributed by atoms with Crippen molar-refractivity contribution in [2.24, 2.45) is 0 Å². The summed E-state index contributed by atoms with van der Waals surface area (Å²) in [6, 6.07) is 0. The number of esters is 1. The predicted molar refractivity (Wildman–Crippen MR) is 132 cm³/mol. The van der Waals surface area contributed by atoms with Gasteiger partial charge < -0.3 is 52.8 Å². The fourth-order valence-electron chi connectivity index (χ4n) is 2.41. The quantitative estimate of drug-likeness (QED) is 0.0619. The minimum Gasteiger partial charge on any atom is -0.481 e. The first-order valence-corrected chi connectivity index (χ1v) is 12.7. The molecule has 0 aromatic carbocycles. The molecule has 39 heavy (non-hydrogen) atoms. The predicted octanol–water partition coefficient (Wildman–Crippen LogP) is -0.429. The fraction of sp³-hybridized carbons (Fsp3) is 0.833. The first-order chi connectivity index (χ1) is 18.9. The molecule has 0 atom stereocenters. The summed E-state index contributed by atoms with van der Waals surface area (Å²) >= 11 is 0. The van der Waals surface area contributed by atoms with Crippen molar-refractivity contribution in [2.45, 2.75) is 19.3 Å². The third-order valence-electron chi connectivity index (χ3n) is 4.35. The molecule has 0 aromatic rings. The van der Waals surface area contributed by atoms with Crippen LogP contribution in [0.15, 0.2) is 0 Å². The van der Waals surface area contributed by atoms with Crippen LogP contribution in [0.4, 0.5) is 0 Å². The average molecular weight is 571 g/mol. The molecule has 0 rings (SSSR count). The molecule has 0 aliphatic rings. The SMILES string of the molecule is O=C(O)CCOCCOCCOCCOCCOCCOCCOCCOCCOC(=O)CCC(=O)C(=O)O. The van der Waals surface area contributed by atoms with Crippen molar-refractivity contribution in [3.05, 3.63) is 0 Å². The average Bonchev–Trinajstić information content (AvgIpc) is 2.90. The molecular formula is C24H42O15. The summed E-state index contributed by atoms with van der Waals surface area (Å²) in [5.74, 6) is -4.14. The first kappa shape index (κ1) is 36.8. The summed E-state index contributed by atoms with van der Waals surface area (Å²) in [6.07, 6.45) is -0.684. The number of aliphatic carboxylic acids is 2. The summed E-state index contributed by atoms with van der Waals surface area (Å²) in [5, 5.41) is 16.9. The van der Waals surface area contributed by atoms with Crippen molar-refractivity contribution in [2.75, 3.05) is 112 Å². The Morgan fingerprint density at radius 1 is 0.385 bits per heavy atom. The number of ketones is 1. The minimum absolute atomic E-state index is 0.00879. The summed E-state index contributed by atoms with van der Waals surface area (Å²) < 4.78 is 47.3. The van der Waals surface area contributed by atoms with Gasteiger partial charge in [0.15, 0.2) is 0 Å². The van der Waals surface area contributed by atoms with Gasteiger partial charge in [-0.15, -0.1) is 0 Å². The molecule has 228 valence electrons. The van der Waals surface area contributed by atoms with Crippen LogP contribution in [0.2, 0.25) is 0 Å². The third-order valence-corrected chi connectivity index (χ3v) is 4.35. The zero-order valence-corrected chi connectivity index (χ0v) is 22.3. The van der Waals surface area contributed by atoms with E-state index in [1.165, 1.54) is 0 Å². The van der Waals surface area contributed by atoms with Gasteiger partial charge in [0.05, 0.1) is 119 Å². The van der Waals surface area contributed by atoms with Crippen LogP contribution in [-0.4, -0.2) is 146 Å². The molecule has 0 amide bonds. The van der Waals surface area contributed by atoms with Gasteiger partial charge in [0.25, 0.3) is 0 Å². The van der Waals surface area contributed by atoms with E-state index < -0.39 is 23.7 Å². The number of rotatable bonds is 31. The molecule has 0 aliphatic heterocycles. The number of carboxylic acids is 2. The summed E-state index contributed by atoms with van der Waals surface area (Å²) in [5.41, 5.74) is 0. The highest BCUT2D eigenvalue weighted by molar-refractivity contribution is 6.32. The lowest BCUT2D eigenvalue weighted by atomic mass is 10.2. The maximum Gasteiger partial charge on any atom is 0.372 e. The molecule has 15 heteroatoms.